The fraction of sp³-hybridized carbons (Fsp3) is 0.0217. The average Bonchev–Trinajstić information content (AvgIpc) is 3.57. The lowest BCUT2D eigenvalue weighted by atomic mass is 9.92. The Bertz CT molecular complexity index is 2820. The van der Waals surface area contributed by atoms with E-state index < -0.39 is 6.17 Å². The molecule has 51 heavy (non-hydrogen) atoms. The molecule has 0 amide bonds. The lowest BCUT2D eigenvalue weighted by Crippen LogP contribution is -2.36. The van der Waals surface area contributed by atoms with Crippen molar-refractivity contribution in [1.82, 2.24) is 10.3 Å². The number of hydrogen-bond donors (Lipinski definition) is 1. The zero-order valence-corrected chi connectivity index (χ0v) is 27.5. The summed E-state index contributed by atoms with van der Waals surface area (Å²) in [5, 5.41) is 10.2. The number of furan rings is 1. The smallest absolute Gasteiger partial charge is 0.170 e. The Hall–Kier alpha value is -6.85. The highest BCUT2D eigenvalue weighted by Crippen LogP contribution is 2.42. The van der Waals surface area contributed by atoms with Crippen molar-refractivity contribution in [2.24, 2.45) is 9.98 Å². The van der Waals surface area contributed by atoms with Crippen LogP contribution in [0.3, 0.4) is 0 Å². The predicted octanol–water partition coefficient (Wildman–Crippen LogP) is 11.1. The van der Waals surface area contributed by atoms with Crippen molar-refractivity contribution in [3.8, 4) is 22.3 Å². The second-order valence-electron chi connectivity index (χ2n) is 12.9. The Morgan fingerprint density at radius 1 is 0.451 bits per heavy atom. The second-order valence-corrected chi connectivity index (χ2v) is 12.9. The molecule has 0 saturated carbocycles. The Balaban J connectivity index is 1.12. The molecule has 1 N–H and O–H groups in total. The highest BCUT2D eigenvalue weighted by molar-refractivity contribution is 6.18. The molecule has 0 spiro atoms. The standard InChI is InChI=1S/C46H30N4O/c1-3-11-29(12-4-1)30-19-21-32(22-20-30)45-48-44(31-13-5-2-6-14-31)49-46(50-45)38-24-23-37(35-17-9-10-18-36(35)38)40-27-47-28-42-43(40)39-25-33-15-7-8-16-34(33)26-41(39)51-42/h1-28,46H,(H,48,49,50). The molecule has 9 aromatic rings. The summed E-state index contributed by atoms with van der Waals surface area (Å²) in [7, 11) is 0. The quantitative estimate of drug-likeness (QED) is 0.201. The lowest BCUT2D eigenvalue weighted by molar-refractivity contribution is 0.667. The van der Waals surface area contributed by atoms with Gasteiger partial charge in [0.05, 0.1) is 6.20 Å². The van der Waals surface area contributed by atoms with Crippen molar-refractivity contribution in [3.63, 3.8) is 0 Å². The Labute approximate surface area is 294 Å². The largest absolute Gasteiger partial charge is 0.454 e. The normalized spacial score (nSPS) is 14.5. The number of nitrogens with zero attached hydrogens (tertiary/aromatic N) is 3. The fourth-order valence-corrected chi connectivity index (χ4v) is 7.33. The van der Waals surface area contributed by atoms with Gasteiger partial charge in [-0.05, 0) is 50.4 Å². The number of amidine groups is 2. The molecule has 240 valence electrons. The maximum atomic E-state index is 6.39. The van der Waals surface area contributed by atoms with Crippen molar-refractivity contribution in [1.29, 1.82) is 0 Å². The number of nitrogens with one attached hydrogen (secondary N) is 1. The van der Waals surface area contributed by atoms with Gasteiger partial charge in [-0.1, -0.05) is 146 Å². The van der Waals surface area contributed by atoms with Crippen LogP contribution in [-0.4, -0.2) is 16.7 Å². The molecular weight excluding hydrogens is 625 g/mol. The molecule has 1 aliphatic heterocycles. The zero-order chi connectivity index (χ0) is 33.7. The summed E-state index contributed by atoms with van der Waals surface area (Å²) in [4.78, 5) is 15.1. The van der Waals surface area contributed by atoms with Gasteiger partial charge in [0.25, 0.3) is 0 Å². The summed E-state index contributed by atoms with van der Waals surface area (Å²) in [5.74, 6) is 1.57. The summed E-state index contributed by atoms with van der Waals surface area (Å²) in [6.45, 7) is 0. The van der Waals surface area contributed by atoms with Crippen LogP contribution in [0.15, 0.2) is 185 Å². The van der Waals surface area contributed by atoms with Gasteiger partial charge >= 0.3 is 0 Å². The summed E-state index contributed by atoms with van der Waals surface area (Å²) in [5.41, 5.74) is 9.14. The number of fused-ring (bicyclic) bond motifs is 5. The van der Waals surface area contributed by atoms with Crippen LogP contribution in [0.5, 0.6) is 0 Å². The summed E-state index contributed by atoms with van der Waals surface area (Å²) in [6.07, 6.45) is 3.32. The maximum absolute atomic E-state index is 6.39. The van der Waals surface area contributed by atoms with Gasteiger partial charge in [-0.3, -0.25) is 4.98 Å². The Morgan fingerprint density at radius 2 is 1.04 bits per heavy atom. The third-order valence-corrected chi connectivity index (χ3v) is 9.83. The van der Waals surface area contributed by atoms with E-state index in [0.29, 0.717) is 0 Å². The molecule has 3 heterocycles. The van der Waals surface area contributed by atoms with Gasteiger partial charge < -0.3 is 9.73 Å². The van der Waals surface area contributed by atoms with Gasteiger partial charge in [-0.25, -0.2) is 9.98 Å². The van der Waals surface area contributed by atoms with Crippen molar-refractivity contribution in [2.45, 2.75) is 6.17 Å². The van der Waals surface area contributed by atoms with Gasteiger partial charge in [0, 0.05) is 39.2 Å². The minimum absolute atomic E-state index is 0.459. The fourth-order valence-electron chi connectivity index (χ4n) is 7.33. The van der Waals surface area contributed by atoms with E-state index in [1.807, 2.05) is 36.7 Å². The van der Waals surface area contributed by atoms with E-state index in [2.05, 4.69) is 144 Å². The van der Waals surface area contributed by atoms with Crippen molar-refractivity contribution < 1.29 is 4.42 Å². The third kappa shape index (κ3) is 5.06. The van der Waals surface area contributed by atoms with Crippen LogP contribution in [-0.2, 0) is 0 Å². The molecule has 7 aromatic carbocycles. The SMILES string of the molecule is c1ccc(C2=NC(c3ccc(-c4cncc5oc6cc7ccccc7cc6c45)c4ccccc34)N=C(c3ccc(-c4ccccc4)cc3)N2)cc1. The number of hydrogen-bond acceptors (Lipinski definition) is 5. The van der Waals surface area contributed by atoms with E-state index in [-0.39, 0.29) is 0 Å². The minimum Gasteiger partial charge on any atom is -0.454 e. The first-order valence-electron chi connectivity index (χ1n) is 17.1. The number of rotatable bonds is 5. The molecule has 5 nitrogen and oxygen atoms in total. The molecule has 1 unspecified atom stereocenters. The lowest BCUT2D eigenvalue weighted by Gasteiger charge is -2.24. The average molecular weight is 655 g/mol. The molecule has 0 saturated heterocycles. The van der Waals surface area contributed by atoms with E-state index >= 15 is 0 Å². The van der Waals surface area contributed by atoms with Crippen molar-refractivity contribution in [3.05, 3.63) is 187 Å². The molecule has 5 heteroatoms. The van der Waals surface area contributed by atoms with Crippen molar-refractivity contribution in [2.75, 3.05) is 0 Å². The van der Waals surface area contributed by atoms with Crippen LogP contribution in [0.4, 0.5) is 0 Å². The van der Waals surface area contributed by atoms with Gasteiger partial charge in [0.2, 0.25) is 0 Å². The molecule has 1 atom stereocenters. The van der Waals surface area contributed by atoms with E-state index in [0.717, 1.165) is 83.1 Å². The molecule has 1 aliphatic rings. The topological polar surface area (TPSA) is 62.8 Å². The van der Waals surface area contributed by atoms with E-state index in [1.165, 1.54) is 10.9 Å². The van der Waals surface area contributed by atoms with Gasteiger partial charge in [-0.2, -0.15) is 0 Å². The van der Waals surface area contributed by atoms with Crippen LogP contribution < -0.4 is 5.32 Å². The number of aliphatic imine (C=N–C) groups is 2. The summed E-state index contributed by atoms with van der Waals surface area (Å²) >= 11 is 0. The van der Waals surface area contributed by atoms with Crippen LogP contribution in [0.25, 0.3) is 65.7 Å². The van der Waals surface area contributed by atoms with Gasteiger partial charge in [-0.15, -0.1) is 0 Å². The highest BCUT2D eigenvalue weighted by atomic mass is 16.3. The van der Waals surface area contributed by atoms with E-state index in [9.17, 15) is 0 Å². The molecule has 2 aromatic heterocycles. The van der Waals surface area contributed by atoms with Crippen molar-refractivity contribution >= 4 is 55.2 Å². The number of aromatic nitrogens is 1. The molecule has 0 radical (unpaired) electrons. The molecule has 0 aliphatic carbocycles. The first-order valence-corrected chi connectivity index (χ1v) is 17.1. The van der Waals surface area contributed by atoms with Crippen LogP contribution in [0, 0.1) is 0 Å². The number of pyridine rings is 1. The predicted molar refractivity (Wildman–Crippen MR) is 209 cm³/mol. The van der Waals surface area contributed by atoms with Crippen LogP contribution >= 0.6 is 0 Å². The van der Waals surface area contributed by atoms with Gasteiger partial charge in [0.15, 0.2) is 11.7 Å². The molecule has 0 bridgehead atoms. The first-order chi connectivity index (χ1) is 25.3. The molecule has 10 rings (SSSR count). The monoisotopic (exact) mass is 654 g/mol. The third-order valence-electron chi connectivity index (χ3n) is 9.83. The molecular formula is C46H30N4O. The Morgan fingerprint density at radius 3 is 1.78 bits per heavy atom. The van der Waals surface area contributed by atoms with Gasteiger partial charge in [0.1, 0.15) is 17.3 Å². The minimum atomic E-state index is -0.459. The van der Waals surface area contributed by atoms with E-state index in [1.54, 1.807) is 0 Å². The summed E-state index contributed by atoms with van der Waals surface area (Å²) in [6, 6.07) is 54.9. The maximum Gasteiger partial charge on any atom is 0.170 e. The Kier molecular flexibility index (Phi) is 6.81. The molecule has 0 fully saturated rings. The highest BCUT2D eigenvalue weighted by Gasteiger charge is 2.24. The van der Waals surface area contributed by atoms with Crippen LogP contribution in [0.2, 0.25) is 0 Å². The van der Waals surface area contributed by atoms with E-state index in [4.69, 9.17) is 14.4 Å². The summed E-state index contributed by atoms with van der Waals surface area (Å²) < 4.78 is 6.39. The zero-order valence-electron chi connectivity index (χ0n) is 27.5. The first kappa shape index (κ1) is 29.1. The van der Waals surface area contributed by atoms with Crippen LogP contribution in [0.1, 0.15) is 22.9 Å². The second kappa shape index (κ2) is 11.9. The number of benzene rings is 7.